The van der Waals surface area contributed by atoms with Crippen LogP contribution in [0, 0.1) is 11.8 Å². The van der Waals surface area contributed by atoms with Crippen molar-refractivity contribution in [3.05, 3.63) is 43.1 Å². The maximum absolute atomic E-state index is 4.69. The van der Waals surface area contributed by atoms with E-state index in [-0.39, 0.29) is 0 Å². The molecule has 3 unspecified atom stereocenters. The normalized spacial score (nSPS) is 22.7. The Morgan fingerprint density at radius 3 is 3.11 bits per heavy atom. The number of alkyl halides is 1. The fraction of sp³-hybridized carbons (Fsp3) is 0.381. The summed E-state index contributed by atoms with van der Waals surface area (Å²) in [5.74, 6) is 2.21. The summed E-state index contributed by atoms with van der Waals surface area (Å²) in [5, 5.41) is 4.49. The van der Waals surface area contributed by atoms with Crippen molar-refractivity contribution in [2.24, 2.45) is 11.8 Å². The van der Waals surface area contributed by atoms with Crippen LogP contribution in [0.15, 0.2) is 43.1 Å². The van der Waals surface area contributed by atoms with Gasteiger partial charge in [0.15, 0.2) is 0 Å². The fourth-order valence-corrected chi connectivity index (χ4v) is 4.86. The third kappa shape index (κ3) is 3.36. The van der Waals surface area contributed by atoms with Crippen LogP contribution in [0.4, 0.5) is 5.95 Å². The molecule has 2 N–H and O–H groups in total. The average Bonchev–Trinajstić information content (AvgIpc) is 3.34. The van der Waals surface area contributed by atoms with Gasteiger partial charge in [0.25, 0.3) is 0 Å². The number of rotatable bonds is 4. The van der Waals surface area contributed by atoms with Crippen molar-refractivity contribution < 1.29 is 0 Å². The molecule has 7 heteroatoms. The standard InChI is InChI=1S/C21H23IN6/c1-13-8-14(2-4-18(13)22)9-25-21-26-11-17-16(10-24-20(17)27-21)15-3-5-19-23-6-7-28(19)12-15/h3,5-7,10-14,18H,2,4,8-9H2,1H3,(H2,24,25,26,27). The molecule has 1 saturated carbocycles. The van der Waals surface area contributed by atoms with E-state index >= 15 is 0 Å². The van der Waals surface area contributed by atoms with E-state index in [1.165, 1.54) is 19.3 Å². The van der Waals surface area contributed by atoms with Gasteiger partial charge in [-0.25, -0.2) is 9.97 Å². The van der Waals surface area contributed by atoms with Gasteiger partial charge in [0, 0.05) is 58.0 Å². The third-order valence-corrected chi connectivity index (χ3v) is 7.70. The predicted molar refractivity (Wildman–Crippen MR) is 121 cm³/mol. The Morgan fingerprint density at radius 1 is 1.29 bits per heavy atom. The zero-order valence-electron chi connectivity index (χ0n) is 15.8. The van der Waals surface area contributed by atoms with Crippen LogP contribution in [-0.4, -0.2) is 34.8 Å². The van der Waals surface area contributed by atoms with E-state index in [1.54, 1.807) is 0 Å². The summed E-state index contributed by atoms with van der Waals surface area (Å²) in [6.07, 6.45) is 13.7. The fourth-order valence-electron chi connectivity index (χ4n) is 4.20. The minimum atomic E-state index is 0.704. The zero-order valence-corrected chi connectivity index (χ0v) is 17.9. The van der Waals surface area contributed by atoms with Crippen LogP contribution in [-0.2, 0) is 0 Å². The monoisotopic (exact) mass is 486 g/mol. The summed E-state index contributed by atoms with van der Waals surface area (Å²) in [7, 11) is 0. The van der Waals surface area contributed by atoms with Crippen LogP contribution in [0.1, 0.15) is 26.2 Å². The minimum absolute atomic E-state index is 0.704. The van der Waals surface area contributed by atoms with Crippen molar-refractivity contribution in [1.82, 2.24) is 24.3 Å². The van der Waals surface area contributed by atoms with Crippen molar-refractivity contribution in [2.75, 3.05) is 11.9 Å². The van der Waals surface area contributed by atoms with Crippen LogP contribution in [0.3, 0.4) is 0 Å². The lowest BCUT2D eigenvalue weighted by atomic mass is 9.82. The molecular weight excluding hydrogens is 463 g/mol. The van der Waals surface area contributed by atoms with Crippen molar-refractivity contribution in [1.29, 1.82) is 0 Å². The van der Waals surface area contributed by atoms with Gasteiger partial charge in [-0.1, -0.05) is 29.5 Å². The number of hydrogen-bond acceptors (Lipinski definition) is 4. The quantitative estimate of drug-likeness (QED) is 0.317. The molecule has 4 aromatic rings. The number of imidazole rings is 1. The first kappa shape index (κ1) is 17.9. The van der Waals surface area contributed by atoms with Gasteiger partial charge in [0.05, 0.1) is 0 Å². The smallest absolute Gasteiger partial charge is 0.224 e. The lowest BCUT2D eigenvalue weighted by Crippen LogP contribution is -2.27. The second-order valence-electron chi connectivity index (χ2n) is 7.82. The van der Waals surface area contributed by atoms with Crippen molar-refractivity contribution in [3.63, 3.8) is 0 Å². The number of anilines is 1. The zero-order chi connectivity index (χ0) is 19.1. The highest BCUT2D eigenvalue weighted by molar-refractivity contribution is 14.1. The molecule has 0 spiro atoms. The van der Waals surface area contributed by atoms with E-state index in [4.69, 9.17) is 4.98 Å². The van der Waals surface area contributed by atoms with Crippen LogP contribution < -0.4 is 5.32 Å². The maximum Gasteiger partial charge on any atom is 0.224 e. The van der Waals surface area contributed by atoms with E-state index in [2.05, 4.69) is 62.0 Å². The third-order valence-electron chi connectivity index (χ3n) is 5.85. The van der Waals surface area contributed by atoms with Crippen LogP contribution in [0.25, 0.3) is 27.8 Å². The number of aromatic amines is 1. The van der Waals surface area contributed by atoms with E-state index in [0.29, 0.717) is 11.9 Å². The predicted octanol–water partition coefficient (Wildman–Crippen LogP) is 4.92. The first-order valence-corrected chi connectivity index (χ1v) is 11.1. The summed E-state index contributed by atoms with van der Waals surface area (Å²) in [4.78, 5) is 16.9. The van der Waals surface area contributed by atoms with Gasteiger partial charge in [-0.3, -0.25) is 0 Å². The number of nitrogens with one attached hydrogen (secondary N) is 2. The number of fused-ring (bicyclic) bond motifs is 2. The molecule has 6 nitrogen and oxygen atoms in total. The average molecular weight is 486 g/mol. The Kier molecular flexibility index (Phi) is 4.70. The molecule has 28 heavy (non-hydrogen) atoms. The summed E-state index contributed by atoms with van der Waals surface area (Å²) in [6.45, 7) is 3.32. The highest BCUT2D eigenvalue weighted by atomic mass is 127. The molecule has 0 aromatic carbocycles. The Balaban J connectivity index is 1.34. The largest absolute Gasteiger partial charge is 0.354 e. The van der Waals surface area contributed by atoms with Gasteiger partial charge in [-0.2, -0.15) is 4.98 Å². The minimum Gasteiger partial charge on any atom is -0.354 e. The Labute approximate surface area is 177 Å². The molecule has 144 valence electrons. The van der Waals surface area contributed by atoms with Gasteiger partial charge < -0.3 is 14.7 Å². The van der Waals surface area contributed by atoms with Gasteiger partial charge in [-0.15, -0.1) is 0 Å². The molecule has 0 amide bonds. The molecule has 0 aliphatic heterocycles. The molecule has 4 aromatic heterocycles. The highest BCUT2D eigenvalue weighted by Crippen LogP contribution is 2.34. The number of nitrogens with zero attached hydrogens (tertiary/aromatic N) is 4. The van der Waals surface area contributed by atoms with Gasteiger partial charge in [-0.05, 0) is 43.2 Å². The highest BCUT2D eigenvalue weighted by Gasteiger charge is 2.25. The summed E-state index contributed by atoms with van der Waals surface area (Å²) < 4.78 is 2.84. The molecule has 3 atom stereocenters. The van der Waals surface area contributed by atoms with Gasteiger partial charge in [0.2, 0.25) is 5.95 Å². The molecule has 1 fully saturated rings. The first-order valence-electron chi connectivity index (χ1n) is 9.82. The van der Waals surface area contributed by atoms with E-state index in [0.717, 1.165) is 44.2 Å². The maximum atomic E-state index is 4.69. The molecule has 0 bridgehead atoms. The van der Waals surface area contributed by atoms with E-state index < -0.39 is 0 Å². The van der Waals surface area contributed by atoms with Crippen molar-refractivity contribution >= 4 is 45.2 Å². The number of H-pyrrole nitrogens is 1. The number of pyridine rings is 1. The summed E-state index contributed by atoms with van der Waals surface area (Å²) in [5.41, 5.74) is 4.02. The van der Waals surface area contributed by atoms with Gasteiger partial charge in [0.1, 0.15) is 11.3 Å². The molecule has 0 radical (unpaired) electrons. The molecular formula is C21H23IN6. The van der Waals surface area contributed by atoms with E-state index in [9.17, 15) is 0 Å². The first-order chi connectivity index (χ1) is 13.7. The summed E-state index contributed by atoms with van der Waals surface area (Å²) in [6, 6.07) is 4.11. The SMILES string of the molecule is CC1CC(CNc2ncc3c(-c4ccc5nccn5c4)c[nH]c3n2)CCC1I. The van der Waals surface area contributed by atoms with Crippen LogP contribution in [0.5, 0.6) is 0 Å². The molecule has 1 aliphatic rings. The molecule has 1 aliphatic carbocycles. The molecule has 0 saturated heterocycles. The number of hydrogen-bond donors (Lipinski definition) is 2. The van der Waals surface area contributed by atoms with Crippen molar-refractivity contribution in [2.45, 2.75) is 30.1 Å². The number of halogens is 1. The second kappa shape index (κ2) is 7.35. The lowest BCUT2D eigenvalue weighted by Gasteiger charge is -2.31. The summed E-state index contributed by atoms with van der Waals surface area (Å²) >= 11 is 2.60. The van der Waals surface area contributed by atoms with E-state index in [1.807, 2.05) is 35.3 Å². The Hall–Kier alpha value is -2.16. The Morgan fingerprint density at radius 2 is 2.21 bits per heavy atom. The van der Waals surface area contributed by atoms with Crippen LogP contribution in [0.2, 0.25) is 0 Å². The van der Waals surface area contributed by atoms with Crippen LogP contribution >= 0.6 is 22.6 Å². The molecule has 4 heterocycles. The number of aromatic nitrogens is 5. The molecule has 5 rings (SSSR count). The topological polar surface area (TPSA) is 70.9 Å². The Bertz CT molecular complexity index is 1120. The van der Waals surface area contributed by atoms with Gasteiger partial charge >= 0.3 is 0 Å². The lowest BCUT2D eigenvalue weighted by molar-refractivity contribution is 0.310. The van der Waals surface area contributed by atoms with Crippen molar-refractivity contribution in [3.8, 4) is 11.1 Å². The second-order valence-corrected chi connectivity index (χ2v) is 9.42.